The second kappa shape index (κ2) is 8.09. The smallest absolute Gasteiger partial charge is 0.403 e. The molecular formula is C18H13F3N6O2S2. The van der Waals surface area contributed by atoms with Gasteiger partial charge in [0, 0.05) is 12.7 Å². The molecule has 0 unspecified atom stereocenters. The minimum Gasteiger partial charge on any atom is -0.403 e. The second-order valence-corrected chi connectivity index (χ2v) is 8.24. The van der Waals surface area contributed by atoms with Gasteiger partial charge in [-0.2, -0.15) is 0 Å². The Labute approximate surface area is 180 Å². The molecule has 0 atom stereocenters. The number of carbonyl (C=O) groups excluding carboxylic acids is 1. The summed E-state index contributed by atoms with van der Waals surface area (Å²) in [4.78, 5) is 25.7. The van der Waals surface area contributed by atoms with Crippen LogP contribution in [-0.2, 0) is 6.54 Å². The Morgan fingerprint density at radius 3 is 2.68 bits per heavy atom. The largest absolute Gasteiger partial charge is 0.573 e. The molecule has 0 saturated carbocycles. The zero-order valence-electron chi connectivity index (χ0n) is 15.4. The number of halogens is 3. The Hall–Kier alpha value is -3.29. The maximum absolute atomic E-state index is 12.7. The number of anilines is 2. The van der Waals surface area contributed by atoms with Crippen LogP contribution in [0.5, 0.6) is 5.75 Å². The fourth-order valence-corrected chi connectivity index (χ4v) is 4.51. The predicted molar refractivity (Wildman–Crippen MR) is 112 cm³/mol. The summed E-state index contributed by atoms with van der Waals surface area (Å²) in [6.07, 6.45) is -3.38. The molecule has 0 fully saturated rings. The summed E-state index contributed by atoms with van der Waals surface area (Å²) in [7, 11) is 0. The van der Waals surface area contributed by atoms with Crippen LogP contribution >= 0.6 is 22.7 Å². The van der Waals surface area contributed by atoms with Crippen molar-refractivity contribution in [2.24, 2.45) is 5.73 Å². The molecule has 3 heterocycles. The van der Waals surface area contributed by atoms with Gasteiger partial charge in [0.25, 0.3) is 5.91 Å². The maximum atomic E-state index is 12.7. The van der Waals surface area contributed by atoms with Crippen molar-refractivity contribution in [2.75, 3.05) is 11.1 Å². The molecule has 0 bridgehead atoms. The van der Waals surface area contributed by atoms with E-state index < -0.39 is 18.0 Å². The summed E-state index contributed by atoms with van der Waals surface area (Å²) in [5, 5.41) is 2.73. The van der Waals surface area contributed by atoms with Gasteiger partial charge in [0.2, 0.25) is 5.95 Å². The number of nitrogens with zero attached hydrogens (tertiary/aromatic N) is 3. The quantitative estimate of drug-likeness (QED) is 0.405. The number of thiophene rings is 1. The summed E-state index contributed by atoms with van der Waals surface area (Å²) in [5.41, 5.74) is 12.1. The highest BCUT2D eigenvalue weighted by atomic mass is 32.1. The molecule has 0 radical (unpaired) electrons. The van der Waals surface area contributed by atoms with Gasteiger partial charge in [-0.3, -0.25) is 10.1 Å². The summed E-state index contributed by atoms with van der Waals surface area (Å²) >= 11 is 2.19. The van der Waals surface area contributed by atoms with Crippen molar-refractivity contribution in [3.63, 3.8) is 0 Å². The van der Waals surface area contributed by atoms with Gasteiger partial charge in [-0.1, -0.05) is 11.3 Å². The number of benzene rings is 1. The first-order chi connectivity index (χ1) is 14.7. The van der Waals surface area contributed by atoms with E-state index in [1.807, 2.05) is 0 Å². The molecule has 1 aromatic carbocycles. The van der Waals surface area contributed by atoms with Gasteiger partial charge in [-0.25, -0.2) is 15.0 Å². The van der Waals surface area contributed by atoms with Gasteiger partial charge in [0.1, 0.15) is 5.52 Å². The minimum atomic E-state index is -4.88. The van der Waals surface area contributed by atoms with E-state index in [0.717, 1.165) is 11.3 Å². The number of nitrogens with two attached hydrogens (primary N) is 2. The first-order valence-electron chi connectivity index (χ1n) is 8.61. The first kappa shape index (κ1) is 21.0. The van der Waals surface area contributed by atoms with E-state index in [9.17, 15) is 18.0 Å². The highest BCUT2D eigenvalue weighted by Gasteiger charge is 2.32. The van der Waals surface area contributed by atoms with Gasteiger partial charge >= 0.3 is 6.36 Å². The Bertz CT molecular complexity index is 1270. The van der Waals surface area contributed by atoms with Crippen molar-refractivity contribution >= 4 is 49.9 Å². The highest BCUT2D eigenvalue weighted by molar-refractivity contribution is 7.22. The summed E-state index contributed by atoms with van der Waals surface area (Å²) in [6.45, 7) is 0.0231. The minimum absolute atomic E-state index is 0.0156. The maximum Gasteiger partial charge on any atom is 0.573 e. The molecule has 160 valence electrons. The number of carbonyl (C=O) groups is 1. The second-order valence-electron chi connectivity index (χ2n) is 6.13. The van der Waals surface area contributed by atoms with Crippen molar-refractivity contribution in [3.05, 3.63) is 47.0 Å². The van der Waals surface area contributed by atoms with E-state index >= 15 is 0 Å². The monoisotopic (exact) mass is 466 g/mol. The standard InChI is InChI=1S/C18H13F3N6O2S2/c19-18(20,21)29-10-5-8(7-22)6-13-14(10)26-17(31-13)27-15(28)12-2-1-11(30-12)9-3-4-24-16(23)25-9/h1-6H,7,22H2,(H2,23,24,25)(H,26,27,28). The van der Waals surface area contributed by atoms with Crippen LogP contribution in [0.25, 0.3) is 20.8 Å². The SMILES string of the molecule is NCc1cc(OC(F)(F)F)c2nc(NC(=O)c3ccc(-c4ccnc(N)n4)s3)sc2c1. The normalized spacial score (nSPS) is 11.6. The van der Waals surface area contributed by atoms with Crippen molar-refractivity contribution in [1.29, 1.82) is 0 Å². The van der Waals surface area contributed by atoms with Crippen LogP contribution in [0.4, 0.5) is 24.3 Å². The van der Waals surface area contributed by atoms with Crippen LogP contribution in [0.1, 0.15) is 15.2 Å². The molecule has 0 aliphatic carbocycles. The molecule has 13 heteroatoms. The average Bonchev–Trinajstić information content (AvgIpc) is 3.33. The third-order valence-electron chi connectivity index (χ3n) is 3.96. The Morgan fingerprint density at radius 1 is 1.16 bits per heavy atom. The van der Waals surface area contributed by atoms with Crippen molar-refractivity contribution in [3.8, 4) is 16.3 Å². The van der Waals surface area contributed by atoms with E-state index in [1.165, 1.54) is 23.6 Å². The fourth-order valence-electron chi connectivity index (χ4n) is 2.69. The van der Waals surface area contributed by atoms with E-state index in [4.69, 9.17) is 11.5 Å². The van der Waals surface area contributed by atoms with Gasteiger partial charge in [0.05, 0.1) is 20.1 Å². The number of fused-ring (bicyclic) bond motifs is 1. The van der Waals surface area contributed by atoms with Gasteiger partial charge < -0.3 is 16.2 Å². The molecule has 0 saturated heterocycles. The number of aromatic nitrogens is 3. The van der Waals surface area contributed by atoms with Crippen LogP contribution < -0.4 is 21.5 Å². The van der Waals surface area contributed by atoms with Crippen LogP contribution in [-0.4, -0.2) is 27.2 Å². The van der Waals surface area contributed by atoms with E-state index in [-0.39, 0.29) is 23.1 Å². The van der Waals surface area contributed by atoms with E-state index in [1.54, 1.807) is 24.3 Å². The van der Waals surface area contributed by atoms with Crippen LogP contribution in [0, 0.1) is 0 Å². The number of thiazole rings is 1. The number of ether oxygens (including phenoxy) is 1. The molecule has 31 heavy (non-hydrogen) atoms. The molecule has 5 N–H and O–H groups in total. The van der Waals surface area contributed by atoms with Crippen LogP contribution in [0.3, 0.4) is 0 Å². The molecule has 8 nitrogen and oxygen atoms in total. The van der Waals surface area contributed by atoms with Crippen molar-refractivity contribution in [1.82, 2.24) is 15.0 Å². The topological polar surface area (TPSA) is 129 Å². The van der Waals surface area contributed by atoms with Gasteiger partial charge in [0.15, 0.2) is 10.9 Å². The number of hydrogen-bond acceptors (Lipinski definition) is 9. The summed E-state index contributed by atoms with van der Waals surface area (Å²) in [5.74, 6) is -0.822. The number of alkyl halides is 3. The number of rotatable bonds is 5. The van der Waals surface area contributed by atoms with Gasteiger partial charge in [-0.15, -0.1) is 24.5 Å². The third-order valence-corrected chi connectivity index (χ3v) is 5.98. The lowest BCUT2D eigenvalue weighted by Gasteiger charge is -2.10. The lowest BCUT2D eigenvalue weighted by Crippen LogP contribution is -2.17. The predicted octanol–water partition coefficient (Wildman–Crippen LogP) is 4.01. The van der Waals surface area contributed by atoms with Crippen LogP contribution in [0.2, 0.25) is 0 Å². The number of hydrogen-bond donors (Lipinski definition) is 3. The lowest BCUT2D eigenvalue weighted by molar-refractivity contribution is -0.274. The highest BCUT2D eigenvalue weighted by Crippen LogP contribution is 2.37. The van der Waals surface area contributed by atoms with E-state index in [0.29, 0.717) is 25.7 Å². The average molecular weight is 466 g/mol. The van der Waals surface area contributed by atoms with Gasteiger partial charge in [-0.05, 0) is 35.9 Å². The Kier molecular flexibility index (Phi) is 5.47. The molecular weight excluding hydrogens is 453 g/mol. The summed E-state index contributed by atoms with van der Waals surface area (Å²) < 4.78 is 42.7. The van der Waals surface area contributed by atoms with Crippen molar-refractivity contribution < 1.29 is 22.7 Å². The molecule has 4 rings (SSSR count). The fraction of sp³-hybridized carbons (Fsp3) is 0.111. The van der Waals surface area contributed by atoms with Crippen molar-refractivity contribution in [2.45, 2.75) is 12.9 Å². The zero-order chi connectivity index (χ0) is 22.2. The zero-order valence-corrected chi connectivity index (χ0v) is 17.1. The number of amides is 1. The van der Waals surface area contributed by atoms with E-state index in [2.05, 4.69) is 25.0 Å². The third kappa shape index (κ3) is 4.73. The molecule has 4 aromatic rings. The first-order valence-corrected chi connectivity index (χ1v) is 10.2. The molecule has 3 aromatic heterocycles. The Morgan fingerprint density at radius 2 is 1.97 bits per heavy atom. The Balaban J connectivity index is 1.60. The molecule has 0 spiro atoms. The molecule has 0 aliphatic heterocycles. The van der Waals surface area contributed by atoms with Crippen LogP contribution in [0.15, 0.2) is 36.5 Å². The number of nitrogen functional groups attached to an aromatic ring is 1. The number of nitrogens with one attached hydrogen (secondary N) is 1. The molecule has 0 aliphatic rings. The molecule has 1 amide bonds. The lowest BCUT2D eigenvalue weighted by atomic mass is 10.2. The summed E-state index contributed by atoms with van der Waals surface area (Å²) in [6, 6.07) is 7.76.